The Kier molecular flexibility index (Phi) is 3.15. The van der Waals surface area contributed by atoms with Crippen LogP contribution in [0.1, 0.15) is 17.0 Å². The molecule has 0 saturated carbocycles. The fourth-order valence-corrected chi connectivity index (χ4v) is 2.30. The van der Waals surface area contributed by atoms with E-state index in [-0.39, 0.29) is 0 Å². The van der Waals surface area contributed by atoms with Gasteiger partial charge in [0.2, 0.25) is 0 Å². The molecule has 1 aromatic heterocycles. The third kappa shape index (κ3) is 2.36. The summed E-state index contributed by atoms with van der Waals surface area (Å²) in [5.41, 5.74) is 2.82. The van der Waals surface area contributed by atoms with Crippen LogP contribution in [-0.2, 0) is 13.5 Å². The molecule has 3 aromatic rings. The van der Waals surface area contributed by atoms with Crippen molar-refractivity contribution >= 4 is 11.0 Å². The molecule has 0 bridgehead atoms. The maximum absolute atomic E-state index is 13.2. The Hall–Kier alpha value is -2.74. The van der Waals surface area contributed by atoms with Gasteiger partial charge in [0, 0.05) is 13.5 Å². The van der Waals surface area contributed by atoms with E-state index in [0.717, 1.165) is 22.9 Å². The topological polar surface area (TPSA) is 41.6 Å². The average molecular weight is 283 g/mol. The summed E-state index contributed by atoms with van der Waals surface area (Å²) in [6.45, 7) is 0. The maximum atomic E-state index is 13.2. The van der Waals surface area contributed by atoms with Crippen molar-refractivity contribution in [2.75, 3.05) is 0 Å². The van der Waals surface area contributed by atoms with Gasteiger partial charge in [-0.15, -0.1) is 0 Å². The van der Waals surface area contributed by atoms with Crippen molar-refractivity contribution in [3.63, 3.8) is 0 Å². The molecule has 0 aliphatic rings. The number of aromatic nitrogens is 2. The van der Waals surface area contributed by atoms with Gasteiger partial charge in [0.1, 0.15) is 5.82 Å². The lowest BCUT2D eigenvalue weighted by atomic mass is 10.1. The Morgan fingerprint density at radius 3 is 2.67 bits per heavy atom. The van der Waals surface area contributed by atoms with Gasteiger partial charge < -0.3 is 4.57 Å². The van der Waals surface area contributed by atoms with Crippen molar-refractivity contribution in [2.45, 2.75) is 6.42 Å². The molecule has 0 aliphatic carbocycles. The zero-order valence-electron chi connectivity index (χ0n) is 11.3. The third-order valence-electron chi connectivity index (χ3n) is 3.45. The second-order valence-electron chi connectivity index (χ2n) is 4.83. The summed E-state index contributed by atoms with van der Waals surface area (Å²) < 4.78 is 28.0. The van der Waals surface area contributed by atoms with Crippen LogP contribution >= 0.6 is 0 Å². The predicted octanol–water partition coefficient (Wildman–Crippen LogP) is 3.31. The van der Waals surface area contributed by atoms with Crippen LogP contribution in [0.3, 0.4) is 0 Å². The van der Waals surface area contributed by atoms with E-state index in [1.807, 2.05) is 11.6 Å². The van der Waals surface area contributed by atoms with Gasteiger partial charge in [0.25, 0.3) is 0 Å². The molecule has 0 unspecified atom stereocenters. The highest BCUT2D eigenvalue weighted by Crippen LogP contribution is 2.19. The number of nitriles is 1. The van der Waals surface area contributed by atoms with Crippen molar-refractivity contribution in [1.82, 2.24) is 9.55 Å². The molecule has 1 heterocycles. The number of imidazole rings is 1. The molecule has 3 nitrogen and oxygen atoms in total. The van der Waals surface area contributed by atoms with E-state index in [1.165, 1.54) is 6.07 Å². The number of fused-ring (bicyclic) bond motifs is 1. The third-order valence-corrected chi connectivity index (χ3v) is 3.45. The van der Waals surface area contributed by atoms with Crippen LogP contribution < -0.4 is 0 Å². The Labute approximate surface area is 120 Å². The molecule has 0 atom stereocenters. The summed E-state index contributed by atoms with van der Waals surface area (Å²) in [6.07, 6.45) is 0.393. The molecular weight excluding hydrogens is 272 g/mol. The molecule has 3 rings (SSSR count). The van der Waals surface area contributed by atoms with E-state index in [4.69, 9.17) is 5.26 Å². The Balaban J connectivity index is 2.02. The average Bonchev–Trinajstić information content (AvgIpc) is 2.79. The summed E-state index contributed by atoms with van der Waals surface area (Å²) >= 11 is 0. The van der Waals surface area contributed by atoms with Crippen molar-refractivity contribution in [2.24, 2.45) is 7.05 Å². The number of hydrogen-bond acceptors (Lipinski definition) is 2. The number of nitrogens with zero attached hydrogens (tertiary/aromatic N) is 3. The molecule has 21 heavy (non-hydrogen) atoms. The van der Waals surface area contributed by atoms with E-state index >= 15 is 0 Å². The summed E-state index contributed by atoms with van der Waals surface area (Å²) in [7, 11) is 1.84. The van der Waals surface area contributed by atoms with Crippen molar-refractivity contribution in [1.29, 1.82) is 5.26 Å². The van der Waals surface area contributed by atoms with Crippen molar-refractivity contribution in [3.8, 4) is 6.07 Å². The quantitative estimate of drug-likeness (QED) is 0.724. The Bertz CT molecular complexity index is 875. The number of aryl methyl sites for hydroxylation is 1. The molecule has 0 N–H and O–H groups in total. The second kappa shape index (κ2) is 4.98. The van der Waals surface area contributed by atoms with Gasteiger partial charge in [-0.05, 0) is 35.9 Å². The van der Waals surface area contributed by atoms with E-state index in [0.29, 0.717) is 17.5 Å². The van der Waals surface area contributed by atoms with Gasteiger partial charge in [0.05, 0.1) is 22.7 Å². The highest BCUT2D eigenvalue weighted by atomic mass is 19.2. The van der Waals surface area contributed by atoms with Crippen molar-refractivity contribution in [3.05, 3.63) is 65.0 Å². The molecular formula is C16H11F2N3. The van der Waals surface area contributed by atoms with E-state index in [2.05, 4.69) is 11.1 Å². The molecule has 5 heteroatoms. The van der Waals surface area contributed by atoms with Crippen LogP contribution in [0.2, 0.25) is 0 Å². The molecule has 0 saturated heterocycles. The maximum Gasteiger partial charge on any atom is 0.159 e. The molecule has 2 aromatic carbocycles. The molecule has 104 valence electrons. The molecule has 0 amide bonds. The zero-order valence-corrected chi connectivity index (χ0v) is 11.3. The lowest BCUT2D eigenvalue weighted by Crippen LogP contribution is -2.00. The summed E-state index contributed by atoms with van der Waals surface area (Å²) in [5.74, 6) is -0.994. The monoisotopic (exact) mass is 283 g/mol. The van der Waals surface area contributed by atoms with Gasteiger partial charge in [0.15, 0.2) is 11.6 Å². The lowest BCUT2D eigenvalue weighted by Gasteiger charge is -2.03. The van der Waals surface area contributed by atoms with E-state index in [1.54, 1.807) is 24.3 Å². The Morgan fingerprint density at radius 1 is 1.14 bits per heavy atom. The predicted molar refractivity (Wildman–Crippen MR) is 74.6 cm³/mol. The van der Waals surface area contributed by atoms with Crippen LogP contribution in [-0.4, -0.2) is 9.55 Å². The zero-order chi connectivity index (χ0) is 15.0. The molecule has 0 radical (unpaired) electrons. The van der Waals surface area contributed by atoms with Gasteiger partial charge in [-0.1, -0.05) is 6.07 Å². The number of rotatable bonds is 2. The minimum Gasteiger partial charge on any atom is -0.331 e. The number of hydrogen-bond donors (Lipinski definition) is 0. The van der Waals surface area contributed by atoms with Gasteiger partial charge in [-0.25, -0.2) is 13.8 Å². The van der Waals surface area contributed by atoms with Crippen LogP contribution in [0, 0.1) is 23.0 Å². The van der Waals surface area contributed by atoms with E-state index in [9.17, 15) is 8.78 Å². The second-order valence-corrected chi connectivity index (χ2v) is 4.83. The molecule has 0 fully saturated rings. The fourth-order valence-electron chi connectivity index (χ4n) is 2.30. The first-order valence-corrected chi connectivity index (χ1v) is 6.38. The van der Waals surface area contributed by atoms with Crippen molar-refractivity contribution < 1.29 is 8.78 Å². The molecule has 0 aliphatic heterocycles. The highest BCUT2D eigenvalue weighted by Gasteiger charge is 2.10. The van der Waals surface area contributed by atoms with Gasteiger partial charge in [-0.3, -0.25) is 0 Å². The summed E-state index contributed by atoms with van der Waals surface area (Å²) in [5, 5.41) is 8.93. The SMILES string of the molecule is Cn1c(Cc2ccc(F)c(F)c2)nc2ccc(C#N)cc21. The largest absolute Gasteiger partial charge is 0.331 e. The lowest BCUT2D eigenvalue weighted by molar-refractivity contribution is 0.507. The van der Waals surface area contributed by atoms with E-state index < -0.39 is 11.6 Å². The first kappa shape index (κ1) is 13.3. The summed E-state index contributed by atoms with van der Waals surface area (Å²) in [4.78, 5) is 4.47. The normalized spacial score (nSPS) is 10.8. The minimum atomic E-state index is -0.863. The molecule has 0 spiro atoms. The highest BCUT2D eigenvalue weighted by molar-refractivity contribution is 5.77. The van der Waals surface area contributed by atoms with Crippen LogP contribution in [0.25, 0.3) is 11.0 Å². The van der Waals surface area contributed by atoms with Gasteiger partial charge in [-0.2, -0.15) is 5.26 Å². The Morgan fingerprint density at radius 2 is 1.95 bits per heavy atom. The van der Waals surface area contributed by atoms with Crippen LogP contribution in [0.4, 0.5) is 8.78 Å². The number of benzene rings is 2. The minimum absolute atomic E-state index is 0.393. The first-order chi connectivity index (χ1) is 10.1. The van der Waals surface area contributed by atoms with Crippen LogP contribution in [0.5, 0.6) is 0 Å². The fraction of sp³-hybridized carbons (Fsp3) is 0.125. The van der Waals surface area contributed by atoms with Crippen LogP contribution in [0.15, 0.2) is 36.4 Å². The summed E-state index contributed by atoms with van der Waals surface area (Å²) in [6, 6.07) is 11.2. The van der Waals surface area contributed by atoms with Gasteiger partial charge >= 0.3 is 0 Å². The standard InChI is InChI=1S/C16H11F2N3/c1-21-15-7-11(9-19)3-5-14(15)20-16(21)8-10-2-4-12(17)13(18)6-10/h2-7H,8H2,1H3. The smallest absolute Gasteiger partial charge is 0.159 e. The first-order valence-electron chi connectivity index (χ1n) is 6.38. The number of halogens is 2.